The quantitative estimate of drug-likeness (QED) is 0.581. The molecule has 1 aromatic rings. The standard InChI is InChI=1S/C6H5Cl2N.Cl2OS/c7-6(8)5-3-1-2-4-9-5;1-4(2)3/h1-4,6H;. The predicted molar refractivity (Wildman–Crippen MR) is 58.5 cm³/mol. The Kier molecular flexibility index (Phi) is 8.10. The van der Waals surface area contributed by atoms with Gasteiger partial charge in [0.05, 0.1) is 5.69 Å². The van der Waals surface area contributed by atoms with Gasteiger partial charge >= 0.3 is 0 Å². The molecule has 0 saturated carbocycles. The molecule has 13 heavy (non-hydrogen) atoms. The van der Waals surface area contributed by atoms with Gasteiger partial charge in [-0.25, -0.2) is 4.21 Å². The Bertz CT molecular complexity index is 252. The molecule has 0 N–H and O–H groups in total. The Morgan fingerprint density at radius 3 is 2.08 bits per heavy atom. The summed E-state index contributed by atoms with van der Waals surface area (Å²) in [5.74, 6) is 0. The van der Waals surface area contributed by atoms with E-state index in [4.69, 9.17) is 27.4 Å². The lowest BCUT2D eigenvalue weighted by atomic mass is 10.4. The van der Waals surface area contributed by atoms with Crippen LogP contribution in [0.3, 0.4) is 0 Å². The maximum absolute atomic E-state index is 9.09. The summed E-state index contributed by atoms with van der Waals surface area (Å²) >= 11 is 11.0. The third-order valence-electron chi connectivity index (χ3n) is 0.911. The van der Waals surface area contributed by atoms with E-state index in [1.807, 2.05) is 12.1 Å². The molecule has 0 saturated heterocycles. The molecule has 1 heterocycles. The molecule has 0 spiro atoms. The molecular formula is C6H5Cl4NOS. The summed E-state index contributed by atoms with van der Waals surface area (Å²) in [6, 6.07) is 5.45. The first-order valence-corrected chi connectivity index (χ1v) is 6.65. The summed E-state index contributed by atoms with van der Waals surface area (Å²) in [4.78, 5) is 3.41. The molecule has 74 valence electrons. The lowest BCUT2D eigenvalue weighted by molar-refractivity contribution is 0.698. The zero-order chi connectivity index (χ0) is 10.3. The lowest BCUT2D eigenvalue weighted by Gasteiger charge is -1.95. The summed E-state index contributed by atoms with van der Waals surface area (Å²) in [5, 5.41) is 0. The second-order valence-corrected chi connectivity index (χ2v) is 5.36. The van der Waals surface area contributed by atoms with E-state index in [-0.39, 0.29) is 0 Å². The molecule has 0 aliphatic carbocycles. The SMILES string of the molecule is ClC(Cl)c1ccccn1.O=S(Cl)Cl. The van der Waals surface area contributed by atoms with Crippen LogP contribution in [0.5, 0.6) is 0 Å². The summed E-state index contributed by atoms with van der Waals surface area (Å²) in [7, 11) is 7.36. The van der Waals surface area contributed by atoms with Gasteiger partial charge in [-0.2, -0.15) is 0 Å². The van der Waals surface area contributed by atoms with E-state index in [1.54, 1.807) is 12.3 Å². The van der Waals surface area contributed by atoms with Gasteiger partial charge in [0.1, 0.15) is 4.84 Å². The van der Waals surface area contributed by atoms with E-state index in [9.17, 15) is 0 Å². The number of halogens is 4. The Balaban J connectivity index is 0.000000310. The highest BCUT2D eigenvalue weighted by Gasteiger charge is 2.00. The lowest BCUT2D eigenvalue weighted by Crippen LogP contribution is -1.83. The summed E-state index contributed by atoms with van der Waals surface area (Å²) in [5.41, 5.74) is 0.695. The molecule has 0 aliphatic heterocycles. The van der Waals surface area contributed by atoms with Crippen LogP contribution < -0.4 is 0 Å². The number of alkyl halides is 2. The van der Waals surface area contributed by atoms with Crippen molar-refractivity contribution in [1.29, 1.82) is 0 Å². The minimum absolute atomic E-state index is 0.508. The minimum atomic E-state index is -1.67. The van der Waals surface area contributed by atoms with Gasteiger partial charge in [0, 0.05) is 27.6 Å². The van der Waals surface area contributed by atoms with E-state index in [0.29, 0.717) is 5.69 Å². The van der Waals surface area contributed by atoms with Crippen molar-refractivity contribution in [3.8, 4) is 0 Å². The zero-order valence-corrected chi connectivity index (χ0v) is 10.0. The molecule has 0 amide bonds. The van der Waals surface area contributed by atoms with Crippen molar-refractivity contribution in [2.45, 2.75) is 4.84 Å². The number of pyridine rings is 1. The molecule has 0 aliphatic rings. The second kappa shape index (κ2) is 7.83. The fourth-order valence-corrected chi connectivity index (χ4v) is 0.763. The van der Waals surface area contributed by atoms with Gasteiger partial charge in [-0.3, -0.25) is 4.98 Å². The normalized spacial score (nSPS) is 9.69. The van der Waals surface area contributed by atoms with E-state index in [0.717, 1.165) is 0 Å². The molecular weight excluding hydrogens is 276 g/mol. The van der Waals surface area contributed by atoms with Crippen molar-refractivity contribution in [2.24, 2.45) is 0 Å². The third-order valence-corrected chi connectivity index (χ3v) is 1.36. The van der Waals surface area contributed by atoms with Crippen LogP contribution in [0.15, 0.2) is 24.4 Å². The molecule has 0 atom stereocenters. The van der Waals surface area contributed by atoms with Crippen molar-refractivity contribution in [1.82, 2.24) is 4.98 Å². The largest absolute Gasteiger partial charge is 0.258 e. The highest BCUT2D eigenvalue weighted by Crippen LogP contribution is 2.21. The Labute approximate surface area is 97.6 Å². The maximum atomic E-state index is 9.09. The van der Waals surface area contributed by atoms with Gasteiger partial charge in [0.15, 0.2) is 0 Å². The van der Waals surface area contributed by atoms with E-state index in [1.165, 1.54) is 0 Å². The Morgan fingerprint density at radius 2 is 1.85 bits per heavy atom. The van der Waals surface area contributed by atoms with Crippen LogP contribution in [0.25, 0.3) is 0 Å². The molecule has 1 aromatic heterocycles. The van der Waals surface area contributed by atoms with Gasteiger partial charge < -0.3 is 0 Å². The zero-order valence-electron chi connectivity index (χ0n) is 6.16. The summed E-state index contributed by atoms with van der Waals surface area (Å²) in [6.07, 6.45) is 1.66. The molecule has 0 bridgehead atoms. The van der Waals surface area contributed by atoms with Crippen LogP contribution in [-0.4, -0.2) is 9.19 Å². The van der Waals surface area contributed by atoms with E-state index in [2.05, 4.69) is 26.3 Å². The van der Waals surface area contributed by atoms with Crippen molar-refractivity contribution in [3.63, 3.8) is 0 Å². The molecule has 0 aromatic carbocycles. The number of hydrogen-bond acceptors (Lipinski definition) is 2. The van der Waals surface area contributed by atoms with Crippen LogP contribution in [0.2, 0.25) is 0 Å². The Hall–Kier alpha value is 0.460. The van der Waals surface area contributed by atoms with Crippen LogP contribution in [0, 0.1) is 0 Å². The molecule has 2 nitrogen and oxygen atoms in total. The first kappa shape index (κ1) is 13.5. The second-order valence-electron chi connectivity index (χ2n) is 1.74. The Morgan fingerprint density at radius 1 is 1.31 bits per heavy atom. The summed E-state index contributed by atoms with van der Waals surface area (Å²) < 4.78 is 9.09. The average Bonchev–Trinajstić information content (AvgIpc) is 2.05. The first-order chi connectivity index (χ1) is 6.04. The van der Waals surface area contributed by atoms with Crippen molar-refractivity contribution >= 4 is 53.8 Å². The van der Waals surface area contributed by atoms with Crippen LogP contribution in [-0.2, 0) is 9.23 Å². The fourth-order valence-electron chi connectivity index (χ4n) is 0.505. The number of nitrogens with zero attached hydrogens (tertiary/aromatic N) is 1. The highest BCUT2D eigenvalue weighted by molar-refractivity contribution is 8.26. The van der Waals surface area contributed by atoms with Gasteiger partial charge in [0.25, 0.3) is 0 Å². The monoisotopic (exact) mass is 279 g/mol. The van der Waals surface area contributed by atoms with Gasteiger partial charge in [-0.05, 0) is 12.1 Å². The van der Waals surface area contributed by atoms with Gasteiger partial charge in [-0.1, -0.05) is 29.3 Å². The predicted octanol–water partition coefficient (Wildman–Crippen LogP) is 3.60. The van der Waals surface area contributed by atoms with E-state index < -0.39 is 14.1 Å². The number of hydrogen-bond donors (Lipinski definition) is 0. The smallest absolute Gasteiger partial charge is 0.211 e. The van der Waals surface area contributed by atoms with Crippen LogP contribution >= 0.6 is 44.6 Å². The topological polar surface area (TPSA) is 30.0 Å². The molecule has 1 rings (SSSR count). The van der Waals surface area contributed by atoms with Crippen molar-refractivity contribution < 1.29 is 4.21 Å². The maximum Gasteiger partial charge on any atom is 0.211 e. The summed E-state index contributed by atoms with van der Waals surface area (Å²) in [6.45, 7) is 0. The minimum Gasteiger partial charge on any atom is -0.258 e. The highest BCUT2D eigenvalue weighted by atomic mass is 36.0. The average molecular weight is 281 g/mol. The third kappa shape index (κ3) is 8.78. The van der Waals surface area contributed by atoms with Gasteiger partial charge in [-0.15, -0.1) is 0 Å². The number of aromatic nitrogens is 1. The molecule has 0 unspecified atom stereocenters. The fraction of sp³-hybridized carbons (Fsp3) is 0.167. The molecule has 0 fully saturated rings. The van der Waals surface area contributed by atoms with Crippen LogP contribution in [0.4, 0.5) is 0 Å². The van der Waals surface area contributed by atoms with Crippen molar-refractivity contribution in [3.05, 3.63) is 30.1 Å². The van der Waals surface area contributed by atoms with Crippen LogP contribution in [0.1, 0.15) is 10.5 Å². The van der Waals surface area contributed by atoms with Gasteiger partial charge in [0.2, 0.25) is 9.23 Å². The van der Waals surface area contributed by atoms with E-state index >= 15 is 0 Å². The van der Waals surface area contributed by atoms with Crippen molar-refractivity contribution in [2.75, 3.05) is 0 Å². The first-order valence-electron chi connectivity index (χ1n) is 2.97. The molecule has 7 heteroatoms. The molecule has 0 radical (unpaired) electrons. The number of rotatable bonds is 1.